The second-order valence-corrected chi connectivity index (χ2v) is 8.23. The molecule has 4 rings (SSSR count). The van der Waals surface area contributed by atoms with Gasteiger partial charge in [0.25, 0.3) is 0 Å². The van der Waals surface area contributed by atoms with E-state index in [1.54, 1.807) is 18.4 Å². The Hall–Kier alpha value is -2.44. The molecular weight excluding hydrogens is 368 g/mol. The molecule has 1 aliphatic heterocycles. The second-order valence-electron chi connectivity index (χ2n) is 7.37. The molecule has 2 aromatic heterocycles. The number of piperazine rings is 1. The summed E-state index contributed by atoms with van der Waals surface area (Å²) in [5.74, 6) is 1.93. The lowest BCUT2D eigenvalue weighted by Crippen LogP contribution is -2.44. The lowest BCUT2D eigenvalue weighted by molar-refractivity contribution is 0.312. The van der Waals surface area contributed by atoms with Gasteiger partial charge in [-0.2, -0.15) is 0 Å². The molecule has 5 nitrogen and oxygen atoms in total. The van der Waals surface area contributed by atoms with Gasteiger partial charge in [0.1, 0.15) is 16.6 Å². The third-order valence-electron chi connectivity index (χ3n) is 5.32. The van der Waals surface area contributed by atoms with Gasteiger partial charge in [-0.3, -0.25) is 0 Å². The summed E-state index contributed by atoms with van der Waals surface area (Å²) in [5, 5.41) is 3.18. The maximum absolute atomic E-state index is 5.39. The highest BCUT2D eigenvalue weighted by Crippen LogP contribution is 2.35. The quantitative estimate of drug-likeness (QED) is 0.662. The third kappa shape index (κ3) is 3.75. The number of nitrogens with zero attached hydrogens (tertiary/aromatic N) is 4. The first kappa shape index (κ1) is 18.9. The molecule has 0 N–H and O–H groups in total. The molecule has 0 bridgehead atoms. The smallest absolute Gasteiger partial charge is 0.129 e. The predicted molar refractivity (Wildman–Crippen MR) is 117 cm³/mol. The fourth-order valence-corrected chi connectivity index (χ4v) is 4.53. The van der Waals surface area contributed by atoms with E-state index in [0.717, 1.165) is 54.0 Å². The molecule has 1 fully saturated rings. The molecule has 0 saturated carbocycles. The van der Waals surface area contributed by atoms with E-state index in [1.807, 2.05) is 6.20 Å². The number of likely N-dealkylation sites (N-methyl/N-ethyl adjacent to an activating group) is 1. The zero-order chi connectivity index (χ0) is 19.7. The highest BCUT2D eigenvalue weighted by atomic mass is 32.1. The molecule has 1 saturated heterocycles. The molecule has 28 heavy (non-hydrogen) atoms. The van der Waals surface area contributed by atoms with Crippen molar-refractivity contribution in [1.82, 2.24) is 14.9 Å². The van der Waals surface area contributed by atoms with E-state index < -0.39 is 0 Å². The van der Waals surface area contributed by atoms with Gasteiger partial charge in [0.2, 0.25) is 0 Å². The Morgan fingerprint density at radius 1 is 1.04 bits per heavy atom. The molecular formula is C22H26N4OS. The molecule has 0 spiro atoms. The van der Waals surface area contributed by atoms with Crippen LogP contribution in [0.2, 0.25) is 0 Å². The molecule has 1 aromatic carbocycles. The fraction of sp³-hybridized carbons (Fsp3) is 0.364. The predicted octanol–water partition coefficient (Wildman–Crippen LogP) is 4.25. The molecule has 0 aliphatic carbocycles. The van der Waals surface area contributed by atoms with Gasteiger partial charge in [0.05, 0.1) is 12.8 Å². The van der Waals surface area contributed by atoms with Crippen LogP contribution in [0.3, 0.4) is 0 Å². The summed E-state index contributed by atoms with van der Waals surface area (Å²) in [5.41, 5.74) is 5.71. The van der Waals surface area contributed by atoms with Crippen LogP contribution in [0, 0.1) is 13.8 Å². The summed E-state index contributed by atoms with van der Waals surface area (Å²) in [7, 11) is 3.87. The van der Waals surface area contributed by atoms with Crippen LogP contribution >= 0.6 is 11.3 Å². The van der Waals surface area contributed by atoms with E-state index in [9.17, 15) is 0 Å². The zero-order valence-corrected chi connectivity index (χ0v) is 17.7. The Morgan fingerprint density at radius 3 is 2.43 bits per heavy atom. The van der Waals surface area contributed by atoms with Crippen LogP contribution in [0.25, 0.3) is 21.8 Å². The van der Waals surface area contributed by atoms with Gasteiger partial charge < -0.3 is 14.5 Å². The van der Waals surface area contributed by atoms with Crippen LogP contribution in [-0.4, -0.2) is 55.2 Å². The minimum Gasteiger partial charge on any atom is -0.497 e. The van der Waals surface area contributed by atoms with E-state index in [0.29, 0.717) is 0 Å². The average Bonchev–Trinajstić information content (AvgIpc) is 3.18. The number of hydrogen-bond acceptors (Lipinski definition) is 6. The molecule has 0 unspecified atom stereocenters. The van der Waals surface area contributed by atoms with Gasteiger partial charge in [-0.1, -0.05) is 0 Å². The Morgan fingerprint density at radius 2 is 1.75 bits per heavy atom. The third-order valence-corrected chi connectivity index (χ3v) is 6.21. The van der Waals surface area contributed by atoms with Gasteiger partial charge in [0.15, 0.2) is 0 Å². The lowest BCUT2D eigenvalue weighted by Gasteiger charge is -2.33. The number of ether oxygens (including phenoxy) is 1. The monoisotopic (exact) mass is 394 g/mol. The van der Waals surface area contributed by atoms with E-state index in [4.69, 9.17) is 9.72 Å². The van der Waals surface area contributed by atoms with Crippen LogP contribution in [0.4, 0.5) is 5.82 Å². The molecule has 0 radical (unpaired) electrons. The largest absolute Gasteiger partial charge is 0.497 e. The molecule has 3 aromatic rings. The van der Waals surface area contributed by atoms with Crippen LogP contribution in [0.1, 0.15) is 11.1 Å². The molecule has 6 heteroatoms. The van der Waals surface area contributed by atoms with Crippen molar-refractivity contribution in [2.45, 2.75) is 13.8 Å². The molecule has 3 heterocycles. The highest BCUT2D eigenvalue weighted by Gasteiger charge is 2.17. The van der Waals surface area contributed by atoms with Crippen molar-refractivity contribution in [2.24, 2.45) is 0 Å². The summed E-state index contributed by atoms with van der Waals surface area (Å²) in [4.78, 5) is 14.3. The molecule has 146 valence electrons. The first-order valence-corrected chi connectivity index (χ1v) is 10.4. The first-order chi connectivity index (χ1) is 13.5. The Balaban J connectivity index is 1.63. The van der Waals surface area contributed by atoms with Crippen molar-refractivity contribution < 1.29 is 4.74 Å². The van der Waals surface area contributed by atoms with Crippen LogP contribution in [0.5, 0.6) is 5.75 Å². The van der Waals surface area contributed by atoms with Gasteiger partial charge >= 0.3 is 0 Å². The van der Waals surface area contributed by atoms with Crippen LogP contribution < -0.4 is 9.64 Å². The van der Waals surface area contributed by atoms with Gasteiger partial charge in [-0.25, -0.2) is 9.97 Å². The van der Waals surface area contributed by atoms with E-state index >= 15 is 0 Å². The topological polar surface area (TPSA) is 41.5 Å². The Kier molecular flexibility index (Phi) is 5.33. The van der Waals surface area contributed by atoms with Crippen LogP contribution in [0.15, 0.2) is 35.8 Å². The minimum absolute atomic E-state index is 0.889. The first-order valence-electron chi connectivity index (χ1n) is 9.56. The molecule has 1 aliphatic rings. The number of rotatable bonds is 4. The lowest BCUT2D eigenvalue weighted by atomic mass is 10.0. The van der Waals surface area contributed by atoms with E-state index in [1.165, 1.54) is 16.7 Å². The molecule has 0 amide bonds. The van der Waals surface area contributed by atoms with Gasteiger partial charge in [-0.05, 0) is 56.3 Å². The van der Waals surface area contributed by atoms with Crippen LogP contribution in [-0.2, 0) is 0 Å². The molecule has 0 atom stereocenters. The standard InChI is InChI=1S/C22H26N4OS/c1-15-11-18(27-4)12-16(2)21(15)19-14-28-22(24-19)17-5-6-23-20(13-17)26-9-7-25(3)8-10-26/h5-6,11-14H,7-10H2,1-4H3. The number of hydrogen-bond donors (Lipinski definition) is 0. The summed E-state index contributed by atoms with van der Waals surface area (Å²) < 4.78 is 5.39. The summed E-state index contributed by atoms with van der Waals surface area (Å²) in [6.45, 7) is 8.40. The van der Waals surface area contributed by atoms with Crippen molar-refractivity contribution in [3.05, 3.63) is 47.0 Å². The van der Waals surface area contributed by atoms with Gasteiger partial charge in [-0.15, -0.1) is 11.3 Å². The van der Waals surface area contributed by atoms with Crippen molar-refractivity contribution in [2.75, 3.05) is 45.2 Å². The summed E-state index contributed by atoms with van der Waals surface area (Å²) in [6.07, 6.45) is 1.90. The Bertz CT molecular complexity index is 953. The van der Waals surface area contributed by atoms with Crippen molar-refractivity contribution in [3.8, 4) is 27.6 Å². The number of aryl methyl sites for hydroxylation is 2. The summed E-state index contributed by atoms with van der Waals surface area (Å²) in [6, 6.07) is 8.36. The minimum atomic E-state index is 0.889. The number of aromatic nitrogens is 2. The average molecular weight is 395 g/mol. The van der Waals surface area contributed by atoms with E-state index in [2.05, 4.69) is 65.3 Å². The van der Waals surface area contributed by atoms with E-state index in [-0.39, 0.29) is 0 Å². The second kappa shape index (κ2) is 7.89. The maximum atomic E-state index is 5.39. The fourth-order valence-electron chi connectivity index (χ4n) is 3.73. The SMILES string of the molecule is COc1cc(C)c(-c2csc(-c3ccnc(N4CCN(C)CC4)c3)n2)c(C)c1. The highest BCUT2D eigenvalue weighted by molar-refractivity contribution is 7.13. The Labute approximate surface area is 170 Å². The maximum Gasteiger partial charge on any atom is 0.129 e. The zero-order valence-electron chi connectivity index (χ0n) is 16.9. The number of thiazole rings is 1. The van der Waals surface area contributed by atoms with Crippen molar-refractivity contribution in [1.29, 1.82) is 0 Å². The number of anilines is 1. The van der Waals surface area contributed by atoms with Crippen molar-refractivity contribution >= 4 is 17.2 Å². The summed E-state index contributed by atoms with van der Waals surface area (Å²) >= 11 is 1.68. The van der Waals surface area contributed by atoms with Crippen molar-refractivity contribution in [3.63, 3.8) is 0 Å². The number of pyridine rings is 1. The normalized spacial score (nSPS) is 15.1. The van der Waals surface area contributed by atoms with Gasteiger partial charge in [0, 0.05) is 48.9 Å². The number of benzene rings is 1. The number of methoxy groups -OCH3 is 1.